The molecule has 7 nitrogen and oxygen atoms in total. The van der Waals surface area contributed by atoms with Gasteiger partial charge in [0.15, 0.2) is 11.5 Å². The van der Waals surface area contributed by atoms with Gasteiger partial charge in [0.2, 0.25) is 11.8 Å². The molecule has 7 heteroatoms. The molecule has 0 radical (unpaired) electrons. The van der Waals surface area contributed by atoms with Gasteiger partial charge in [-0.05, 0) is 34.9 Å². The average Bonchev–Trinajstić information content (AvgIpc) is 3.00. The molecular formula is C33H34N2O5. The molecule has 0 spiro atoms. The quantitative estimate of drug-likeness (QED) is 0.264. The second kappa shape index (κ2) is 13.8. The summed E-state index contributed by atoms with van der Waals surface area (Å²) in [6.07, 6.45) is 0.0797. The number of nitrogens with one attached hydrogen (secondary N) is 1. The lowest BCUT2D eigenvalue weighted by atomic mass is 10.0. The third-order valence-electron chi connectivity index (χ3n) is 6.64. The Morgan fingerprint density at radius 2 is 1.32 bits per heavy atom. The maximum absolute atomic E-state index is 14.0. The van der Waals surface area contributed by atoms with Crippen molar-refractivity contribution in [2.45, 2.75) is 25.6 Å². The van der Waals surface area contributed by atoms with E-state index in [0.717, 1.165) is 22.3 Å². The number of hydrogen-bond donors (Lipinski definition) is 1. The van der Waals surface area contributed by atoms with Gasteiger partial charge in [0.25, 0.3) is 0 Å². The fourth-order valence-electron chi connectivity index (χ4n) is 4.61. The Morgan fingerprint density at radius 1 is 0.700 bits per heavy atom. The summed E-state index contributed by atoms with van der Waals surface area (Å²) >= 11 is 0. The maximum Gasteiger partial charge on any atom is 0.247 e. The molecule has 0 saturated carbocycles. The van der Waals surface area contributed by atoms with Crippen molar-refractivity contribution in [1.82, 2.24) is 10.2 Å². The van der Waals surface area contributed by atoms with Gasteiger partial charge in [0.1, 0.15) is 11.8 Å². The van der Waals surface area contributed by atoms with Crippen molar-refractivity contribution in [3.8, 4) is 17.2 Å². The molecule has 4 rings (SSSR count). The van der Waals surface area contributed by atoms with Crippen LogP contribution in [0.1, 0.15) is 28.3 Å². The molecule has 0 unspecified atom stereocenters. The van der Waals surface area contributed by atoms with Gasteiger partial charge in [0, 0.05) is 18.7 Å². The fourth-order valence-corrected chi connectivity index (χ4v) is 4.61. The van der Waals surface area contributed by atoms with E-state index in [4.69, 9.17) is 14.2 Å². The predicted molar refractivity (Wildman–Crippen MR) is 154 cm³/mol. The molecule has 1 atom stereocenters. The number of para-hydroxylation sites is 1. The molecule has 4 aromatic carbocycles. The molecule has 0 saturated heterocycles. The minimum Gasteiger partial charge on any atom is -0.496 e. The van der Waals surface area contributed by atoms with E-state index in [0.29, 0.717) is 17.2 Å². The molecule has 1 N–H and O–H groups in total. The van der Waals surface area contributed by atoms with Crippen LogP contribution in [0, 0.1) is 0 Å². The summed E-state index contributed by atoms with van der Waals surface area (Å²) in [6, 6.07) is 31.1. The molecule has 206 valence electrons. The third kappa shape index (κ3) is 6.99. The van der Waals surface area contributed by atoms with Crippen LogP contribution in [0.4, 0.5) is 0 Å². The van der Waals surface area contributed by atoms with E-state index in [-0.39, 0.29) is 31.3 Å². The number of hydrogen-bond acceptors (Lipinski definition) is 5. The Balaban J connectivity index is 1.68. The number of amides is 2. The van der Waals surface area contributed by atoms with E-state index in [1.165, 1.54) is 0 Å². The van der Waals surface area contributed by atoms with Crippen molar-refractivity contribution in [3.05, 3.63) is 125 Å². The van der Waals surface area contributed by atoms with Gasteiger partial charge in [-0.3, -0.25) is 9.59 Å². The lowest BCUT2D eigenvalue weighted by molar-refractivity contribution is -0.141. The van der Waals surface area contributed by atoms with Crippen molar-refractivity contribution < 1.29 is 23.8 Å². The SMILES string of the molecule is COc1ccccc1CNC(=O)[C@@H](c1ccccc1)N(Cc1ccccc1)C(=O)Cc1ccc(OC)c(OC)c1. The van der Waals surface area contributed by atoms with E-state index in [9.17, 15) is 9.59 Å². The fraction of sp³-hybridized carbons (Fsp3) is 0.212. The van der Waals surface area contributed by atoms with Crippen molar-refractivity contribution in [3.63, 3.8) is 0 Å². The zero-order valence-corrected chi connectivity index (χ0v) is 23.0. The topological polar surface area (TPSA) is 77.1 Å². The zero-order chi connectivity index (χ0) is 28.3. The van der Waals surface area contributed by atoms with Gasteiger partial charge < -0.3 is 24.4 Å². The van der Waals surface area contributed by atoms with Crippen LogP contribution >= 0.6 is 0 Å². The van der Waals surface area contributed by atoms with Gasteiger partial charge in [-0.25, -0.2) is 0 Å². The Hall–Kier alpha value is -4.78. The van der Waals surface area contributed by atoms with Crippen LogP contribution in [-0.2, 0) is 29.1 Å². The van der Waals surface area contributed by atoms with Crippen LogP contribution in [0.3, 0.4) is 0 Å². The largest absolute Gasteiger partial charge is 0.496 e. The molecule has 0 bridgehead atoms. The first-order valence-corrected chi connectivity index (χ1v) is 13.0. The Morgan fingerprint density at radius 3 is 2.00 bits per heavy atom. The van der Waals surface area contributed by atoms with Gasteiger partial charge in [-0.1, -0.05) is 84.9 Å². The minimum atomic E-state index is -0.858. The normalized spacial score (nSPS) is 11.3. The van der Waals surface area contributed by atoms with E-state index >= 15 is 0 Å². The van der Waals surface area contributed by atoms with Crippen LogP contribution < -0.4 is 19.5 Å². The molecule has 0 aliphatic rings. The first-order valence-electron chi connectivity index (χ1n) is 13.0. The van der Waals surface area contributed by atoms with E-state index < -0.39 is 6.04 Å². The van der Waals surface area contributed by atoms with E-state index in [1.54, 1.807) is 38.4 Å². The van der Waals surface area contributed by atoms with Crippen molar-refractivity contribution in [2.75, 3.05) is 21.3 Å². The average molecular weight is 539 g/mol. The van der Waals surface area contributed by atoms with Gasteiger partial charge in [-0.2, -0.15) is 0 Å². The van der Waals surface area contributed by atoms with Gasteiger partial charge in [0.05, 0.1) is 27.8 Å². The molecule has 40 heavy (non-hydrogen) atoms. The molecule has 0 fully saturated rings. The van der Waals surface area contributed by atoms with Crippen LogP contribution in [0.5, 0.6) is 17.2 Å². The van der Waals surface area contributed by atoms with Crippen molar-refractivity contribution >= 4 is 11.8 Å². The number of nitrogens with zero attached hydrogens (tertiary/aromatic N) is 1. The Kier molecular flexibility index (Phi) is 9.77. The smallest absolute Gasteiger partial charge is 0.247 e. The first-order chi connectivity index (χ1) is 19.5. The summed E-state index contributed by atoms with van der Waals surface area (Å²) in [6.45, 7) is 0.518. The summed E-state index contributed by atoms with van der Waals surface area (Å²) in [5.41, 5.74) is 3.23. The number of carbonyl (C=O) groups is 2. The summed E-state index contributed by atoms with van der Waals surface area (Å²) in [7, 11) is 4.73. The monoisotopic (exact) mass is 538 g/mol. The van der Waals surface area contributed by atoms with Gasteiger partial charge in [-0.15, -0.1) is 0 Å². The van der Waals surface area contributed by atoms with Gasteiger partial charge >= 0.3 is 0 Å². The highest BCUT2D eigenvalue weighted by Gasteiger charge is 2.31. The number of rotatable bonds is 12. The molecular weight excluding hydrogens is 504 g/mol. The van der Waals surface area contributed by atoms with Crippen LogP contribution in [0.2, 0.25) is 0 Å². The van der Waals surface area contributed by atoms with Crippen molar-refractivity contribution in [1.29, 1.82) is 0 Å². The van der Waals surface area contributed by atoms with E-state index in [1.807, 2.05) is 91.0 Å². The van der Waals surface area contributed by atoms with Crippen LogP contribution in [0.15, 0.2) is 103 Å². The molecule has 0 heterocycles. The second-order valence-corrected chi connectivity index (χ2v) is 9.22. The third-order valence-corrected chi connectivity index (χ3v) is 6.64. The van der Waals surface area contributed by atoms with E-state index in [2.05, 4.69) is 5.32 Å². The second-order valence-electron chi connectivity index (χ2n) is 9.22. The zero-order valence-electron chi connectivity index (χ0n) is 23.0. The van der Waals surface area contributed by atoms with Crippen molar-refractivity contribution in [2.24, 2.45) is 0 Å². The number of benzene rings is 4. The van der Waals surface area contributed by atoms with Crippen LogP contribution in [-0.4, -0.2) is 38.0 Å². The number of carbonyl (C=O) groups excluding carboxylic acids is 2. The molecule has 4 aromatic rings. The summed E-state index contributed by atoms with van der Waals surface area (Å²) < 4.78 is 16.2. The molecule has 0 aliphatic carbocycles. The standard InChI is InChI=1S/C33H34N2O5/c1-38-28-17-11-10-16-27(28)22-34-33(37)32(26-14-8-5-9-15-26)35(23-24-12-6-4-7-13-24)31(36)21-25-18-19-29(39-2)30(20-25)40-3/h4-20,32H,21-23H2,1-3H3,(H,34,37)/t32-/m1/s1. The highest BCUT2D eigenvalue weighted by atomic mass is 16.5. The maximum atomic E-state index is 14.0. The Labute approximate surface area is 235 Å². The first kappa shape index (κ1) is 28.2. The molecule has 2 amide bonds. The van der Waals surface area contributed by atoms with Crippen LogP contribution in [0.25, 0.3) is 0 Å². The lowest BCUT2D eigenvalue weighted by Crippen LogP contribution is -2.43. The predicted octanol–water partition coefficient (Wildman–Crippen LogP) is 5.34. The minimum absolute atomic E-state index is 0.0797. The highest BCUT2D eigenvalue weighted by Crippen LogP contribution is 2.30. The molecule has 0 aromatic heterocycles. The number of ether oxygens (including phenoxy) is 3. The summed E-state index contributed by atoms with van der Waals surface area (Å²) in [5, 5.41) is 3.04. The Bertz CT molecular complexity index is 1410. The lowest BCUT2D eigenvalue weighted by Gasteiger charge is -2.32. The molecule has 0 aliphatic heterocycles. The number of methoxy groups -OCH3 is 3. The summed E-state index contributed by atoms with van der Waals surface area (Å²) in [5.74, 6) is 1.32. The summed E-state index contributed by atoms with van der Waals surface area (Å²) in [4.78, 5) is 29.6. The highest BCUT2D eigenvalue weighted by molar-refractivity contribution is 5.89.